The van der Waals surface area contributed by atoms with E-state index in [2.05, 4.69) is 15.6 Å². The smallest absolute Gasteiger partial charge is 0.276 e. The van der Waals surface area contributed by atoms with Crippen LogP contribution in [0.15, 0.2) is 6.20 Å². The van der Waals surface area contributed by atoms with E-state index in [9.17, 15) is 4.79 Å². The van der Waals surface area contributed by atoms with Gasteiger partial charge in [0, 0.05) is 39.4 Å². The molecule has 2 fully saturated rings. The standard InChI is InChI=1S/C12H19N5O2/c1-16(9-2-4-19-5-3-9)12(18)11-8-17(15-14-11)10-6-13-7-10/h8-10,13H,2-7H2,1H3. The molecule has 0 radical (unpaired) electrons. The second-order valence-corrected chi connectivity index (χ2v) is 5.16. The highest BCUT2D eigenvalue weighted by atomic mass is 16.5. The molecule has 0 aliphatic carbocycles. The van der Waals surface area contributed by atoms with Crippen molar-refractivity contribution >= 4 is 5.91 Å². The molecular weight excluding hydrogens is 246 g/mol. The lowest BCUT2D eigenvalue weighted by Gasteiger charge is -2.30. The predicted molar refractivity (Wildman–Crippen MR) is 67.9 cm³/mol. The van der Waals surface area contributed by atoms with Gasteiger partial charge in [0.05, 0.1) is 12.2 Å². The van der Waals surface area contributed by atoms with Crippen molar-refractivity contribution in [2.75, 3.05) is 33.4 Å². The number of nitrogens with zero attached hydrogens (tertiary/aromatic N) is 4. The van der Waals surface area contributed by atoms with E-state index in [0.29, 0.717) is 11.7 Å². The maximum Gasteiger partial charge on any atom is 0.276 e. The Morgan fingerprint density at radius 2 is 2.21 bits per heavy atom. The molecule has 2 saturated heterocycles. The minimum absolute atomic E-state index is 0.0505. The van der Waals surface area contributed by atoms with Crippen molar-refractivity contribution < 1.29 is 9.53 Å². The third-order valence-corrected chi connectivity index (χ3v) is 3.92. The van der Waals surface area contributed by atoms with Crippen LogP contribution in [-0.2, 0) is 4.74 Å². The molecule has 7 nitrogen and oxygen atoms in total. The van der Waals surface area contributed by atoms with Gasteiger partial charge in [-0.2, -0.15) is 0 Å². The van der Waals surface area contributed by atoms with E-state index < -0.39 is 0 Å². The summed E-state index contributed by atoms with van der Waals surface area (Å²) in [5, 5.41) is 11.2. The quantitative estimate of drug-likeness (QED) is 0.810. The van der Waals surface area contributed by atoms with Gasteiger partial charge in [0.25, 0.3) is 5.91 Å². The van der Waals surface area contributed by atoms with Crippen LogP contribution >= 0.6 is 0 Å². The minimum atomic E-state index is -0.0505. The molecule has 1 aromatic rings. The Balaban J connectivity index is 1.66. The van der Waals surface area contributed by atoms with Crippen LogP contribution in [0.5, 0.6) is 0 Å². The lowest BCUT2D eigenvalue weighted by molar-refractivity contribution is 0.0359. The molecule has 0 atom stereocenters. The molecule has 3 rings (SSSR count). The Morgan fingerprint density at radius 3 is 2.84 bits per heavy atom. The molecule has 1 aromatic heterocycles. The predicted octanol–water partition coefficient (Wildman–Crippen LogP) is -0.327. The van der Waals surface area contributed by atoms with Gasteiger partial charge in [0.1, 0.15) is 0 Å². The van der Waals surface area contributed by atoms with Gasteiger partial charge >= 0.3 is 0 Å². The number of rotatable bonds is 3. The zero-order valence-corrected chi connectivity index (χ0v) is 11.1. The van der Waals surface area contributed by atoms with E-state index in [1.54, 1.807) is 15.8 Å². The minimum Gasteiger partial charge on any atom is -0.381 e. The van der Waals surface area contributed by atoms with Crippen molar-refractivity contribution in [3.05, 3.63) is 11.9 Å². The number of aromatic nitrogens is 3. The highest BCUT2D eigenvalue weighted by molar-refractivity contribution is 5.91. The molecule has 1 N–H and O–H groups in total. The third kappa shape index (κ3) is 2.48. The van der Waals surface area contributed by atoms with Crippen molar-refractivity contribution in [3.8, 4) is 0 Å². The number of carbonyl (C=O) groups excluding carboxylic acids is 1. The average Bonchev–Trinajstić information content (AvgIpc) is 2.85. The van der Waals surface area contributed by atoms with Crippen LogP contribution in [0.25, 0.3) is 0 Å². The lowest BCUT2D eigenvalue weighted by Crippen LogP contribution is -2.43. The van der Waals surface area contributed by atoms with E-state index >= 15 is 0 Å². The van der Waals surface area contributed by atoms with E-state index in [1.165, 1.54) is 0 Å². The topological polar surface area (TPSA) is 72.3 Å². The Bertz CT molecular complexity index is 451. The van der Waals surface area contributed by atoms with Crippen molar-refractivity contribution in [3.63, 3.8) is 0 Å². The summed E-state index contributed by atoms with van der Waals surface area (Å²) < 4.78 is 7.10. The second kappa shape index (κ2) is 5.26. The maximum absolute atomic E-state index is 12.3. The van der Waals surface area contributed by atoms with Crippen LogP contribution < -0.4 is 5.32 Å². The summed E-state index contributed by atoms with van der Waals surface area (Å²) >= 11 is 0. The number of ether oxygens (including phenoxy) is 1. The average molecular weight is 265 g/mol. The molecule has 2 aliphatic rings. The van der Waals surface area contributed by atoms with Gasteiger partial charge in [-0.1, -0.05) is 5.21 Å². The summed E-state index contributed by atoms with van der Waals surface area (Å²) in [4.78, 5) is 14.1. The van der Waals surface area contributed by atoms with Crippen LogP contribution in [0.1, 0.15) is 29.4 Å². The van der Waals surface area contributed by atoms with Crippen LogP contribution in [0.4, 0.5) is 0 Å². The largest absolute Gasteiger partial charge is 0.381 e. The van der Waals surface area contributed by atoms with Gasteiger partial charge in [-0.05, 0) is 12.8 Å². The van der Waals surface area contributed by atoms with Gasteiger partial charge in [0.2, 0.25) is 0 Å². The van der Waals surface area contributed by atoms with Crippen molar-refractivity contribution in [2.24, 2.45) is 0 Å². The van der Waals surface area contributed by atoms with Gasteiger partial charge in [-0.25, -0.2) is 4.68 Å². The van der Waals surface area contributed by atoms with Crippen LogP contribution in [0.3, 0.4) is 0 Å². The Hall–Kier alpha value is -1.47. The molecule has 0 bridgehead atoms. The molecule has 2 aliphatic heterocycles. The zero-order chi connectivity index (χ0) is 13.2. The van der Waals surface area contributed by atoms with Crippen molar-refractivity contribution in [2.45, 2.75) is 24.9 Å². The van der Waals surface area contributed by atoms with Crippen LogP contribution in [0.2, 0.25) is 0 Å². The molecule has 3 heterocycles. The summed E-state index contributed by atoms with van der Waals surface area (Å²) in [6.45, 7) is 3.24. The number of nitrogens with one attached hydrogen (secondary N) is 1. The fourth-order valence-electron chi connectivity index (χ4n) is 2.43. The molecular formula is C12H19N5O2. The first-order chi connectivity index (χ1) is 9.25. The fourth-order valence-corrected chi connectivity index (χ4v) is 2.43. The molecule has 0 spiro atoms. The number of hydrogen-bond acceptors (Lipinski definition) is 5. The SMILES string of the molecule is CN(C(=O)c1cn(C2CNC2)nn1)C1CCOCC1. The lowest BCUT2D eigenvalue weighted by atomic mass is 10.1. The van der Waals surface area contributed by atoms with E-state index in [1.807, 2.05) is 7.05 Å². The first-order valence-corrected chi connectivity index (χ1v) is 6.73. The monoisotopic (exact) mass is 265 g/mol. The summed E-state index contributed by atoms with van der Waals surface area (Å²) in [5.41, 5.74) is 0.431. The molecule has 0 saturated carbocycles. The molecule has 104 valence electrons. The Kier molecular flexibility index (Phi) is 3.48. The van der Waals surface area contributed by atoms with E-state index in [4.69, 9.17) is 4.74 Å². The summed E-state index contributed by atoms with van der Waals surface area (Å²) in [7, 11) is 1.84. The molecule has 0 unspecified atom stereocenters. The summed E-state index contributed by atoms with van der Waals surface area (Å²) in [5.74, 6) is -0.0505. The highest BCUT2D eigenvalue weighted by Gasteiger charge is 2.27. The second-order valence-electron chi connectivity index (χ2n) is 5.16. The molecule has 1 amide bonds. The van der Waals surface area contributed by atoms with Crippen molar-refractivity contribution in [1.29, 1.82) is 0 Å². The van der Waals surface area contributed by atoms with E-state index in [-0.39, 0.29) is 11.9 Å². The maximum atomic E-state index is 12.3. The van der Waals surface area contributed by atoms with Crippen LogP contribution in [-0.4, -0.2) is 65.2 Å². The summed E-state index contributed by atoms with van der Waals surface area (Å²) in [6, 6.07) is 0.583. The molecule has 19 heavy (non-hydrogen) atoms. The fraction of sp³-hybridized carbons (Fsp3) is 0.750. The highest BCUT2D eigenvalue weighted by Crippen LogP contribution is 2.16. The van der Waals surface area contributed by atoms with Gasteiger partial charge in [0.15, 0.2) is 5.69 Å². The number of carbonyl (C=O) groups is 1. The number of amides is 1. The molecule has 7 heteroatoms. The normalized spacial score (nSPS) is 21.1. The number of hydrogen-bond donors (Lipinski definition) is 1. The van der Waals surface area contributed by atoms with Crippen molar-refractivity contribution in [1.82, 2.24) is 25.2 Å². The third-order valence-electron chi connectivity index (χ3n) is 3.92. The van der Waals surface area contributed by atoms with E-state index in [0.717, 1.165) is 39.1 Å². The Labute approximate surface area is 111 Å². The summed E-state index contributed by atoms with van der Waals surface area (Å²) in [6.07, 6.45) is 3.54. The Morgan fingerprint density at radius 1 is 1.47 bits per heavy atom. The first-order valence-electron chi connectivity index (χ1n) is 6.73. The van der Waals surface area contributed by atoms with Gasteiger partial charge in [-0.3, -0.25) is 4.79 Å². The zero-order valence-electron chi connectivity index (χ0n) is 11.1. The van der Waals surface area contributed by atoms with Gasteiger partial charge in [-0.15, -0.1) is 5.10 Å². The molecule has 0 aromatic carbocycles. The van der Waals surface area contributed by atoms with Crippen LogP contribution in [0, 0.1) is 0 Å². The van der Waals surface area contributed by atoms with Gasteiger partial charge < -0.3 is 15.0 Å². The first kappa shape index (κ1) is 12.6.